The number of alkyl halides is 1. The van der Waals surface area contributed by atoms with Crippen molar-refractivity contribution in [2.75, 3.05) is 5.33 Å². The van der Waals surface area contributed by atoms with Gasteiger partial charge in [-0.05, 0) is 32.1 Å². The fourth-order valence-electron chi connectivity index (χ4n) is 1.53. The minimum Gasteiger partial charge on any atom is -0.0883 e. The second-order valence-corrected chi connectivity index (χ2v) is 4.13. The van der Waals surface area contributed by atoms with Crippen molar-refractivity contribution >= 4 is 15.9 Å². The highest BCUT2D eigenvalue weighted by Gasteiger charge is 1.94. The summed E-state index contributed by atoms with van der Waals surface area (Å²) in [4.78, 5) is 0. The molecule has 0 aliphatic carbocycles. The average molecular weight is 259 g/mol. The van der Waals surface area contributed by atoms with Gasteiger partial charge in [-0.2, -0.15) is 0 Å². The number of hydrogen-bond donors (Lipinski definition) is 0. The zero-order chi connectivity index (χ0) is 10.8. The molecule has 0 unspecified atom stereocenters. The highest BCUT2D eigenvalue weighted by molar-refractivity contribution is 9.09. The molecule has 0 atom stereocenters. The predicted molar refractivity (Wildman–Crippen MR) is 70.1 cm³/mol. The van der Waals surface area contributed by atoms with Crippen LogP contribution in [0.15, 0.2) is 23.3 Å². The quantitative estimate of drug-likeness (QED) is 0.433. The van der Waals surface area contributed by atoms with Gasteiger partial charge in [0, 0.05) is 5.33 Å². The number of halogens is 1. The van der Waals surface area contributed by atoms with Crippen molar-refractivity contribution in [2.24, 2.45) is 0 Å². The van der Waals surface area contributed by atoms with Crippen LogP contribution in [0.25, 0.3) is 0 Å². The molecule has 0 aliphatic heterocycles. The van der Waals surface area contributed by atoms with Crippen LogP contribution < -0.4 is 0 Å². The van der Waals surface area contributed by atoms with E-state index >= 15 is 0 Å². The maximum absolute atomic E-state index is 3.45. The van der Waals surface area contributed by atoms with Crippen molar-refractivity contribution in [2.45, 2.75) is 52.9 Å². The summed E-state index contributed by atoms with van der Waals surface area (Å²) in [5, 5.41) is 0.994. The van der Waals surface area contributed by atoms with Crippen molar-refractivity contribution in [3.05, 3.63) is 23.3 Å². The molecule has 14 heavy (non-hydrogen) atoms. The molecule has 0 fully saturated rings. The minimum atomic E-state index is 0.994. The van der Waals surface area contributed by atoms with E-state index in [-0.39, 0.29) is 0 Å². The summed E-state index contributed by atoms with van der Waals surface area (Å²) in [6.45, 7) is 6.72. The fraction of sp³-hybridized carbons (Fsp3) is 0.692. The molecule has 0 spiro atoms. The van der Waals surface area contributed by atoms with E-state index < -0.39 is 0 Å². The lowest BCUT2D eigenvalue weighted by molar-refractivity contribution is 0.878. The van der Waals surface area contributed by atoms with Gasteiger partial charge in [0.2, 0.25) is 0 Å². The standard InChI is InChI=1S/C13H23Br/c1-4-12(5-2)8-7-9-13(6-3)10-11-14/h8,10H,4-7,9,11H2,1-3H3/b13-10+. The molecular weight excluding hydrogens is 236 g/mol. The number of hydrogen-bond acceptors (Lipinski definition) is 0. The molecule has 82 valence electrons. The van der Waals surface area contributed by atoms with E-state index in [2.05, 4.69) is 48.9 Å². The second kappa shape index (κ2) is 9.51. The third-order valence-electron chi connectivity index (χ3n) is 2.63. The Bertz CT molecular complexity index is 183. The molecule has 0 heterocycles. The summed E-state index contributed by atoms with van der Waals surface area (Å²) in [5.41, 5.74) is 3.17. The Morgan fingerprint density at radius 2 is 1.50 bits per heavy atom. The van der Waals surface area contributed by atoms with Crippen molar-refractivity contribution in [1.82, 2.24) is 0 Å². The van der Waals surface area contributed by atoms with Crippen molar-refractivity contribution in [1.29, 1.82) is 0 Å². The molecular formula is C13H23Br. The van der Waals surface area contributed by atoms with E-state index in [4.69, 9.17) is 0 Å². The monoisotopic (exact) mass is 258 g/mol. The molecule has 0 aliphatic rings. The molecule has 0 aromatic carbocycles. The molecule has 1 heteroatoms. The molecule has 0 amide bonds. The van der Waals surface area contributed by atoms with Crippen LogP contribution in [0.4, 0.5) is 0 Å². The van der Waals surface area contributed by atoms with E-state index in [0.29, 0.717) is 0 Å². The van der Waals surface area contributed by atoms with Gasteiger partial charge in [0.05, 0.1) is 0 Å². The Labute approximate surface area is 97.6 Å². The predicted octanol–water partition coefficient (Wildman–Crippen LogP) is 5.24. The molecule has 0 N–H and O–H groups in total. The van der Waals surface area contributed by atoms with Crippen LogP contribution in [0, 0.1) is 0 Å². The summed E-state index contributed by atoms with van der Waals surface area (Å²) < 4.78 is 0. The molecule has 0 rings (SSSR count). The summed E-state index contributed by atoms with van der Waals surface area (Å²) in [6.07, 6.45) is 10.8. The maximum Gasteiger partial charge on any atom is 0.0214 e. The number of rotatable bonds is 7. The number of allylic oxidation sites excluding steroid dienone is 4. The van der Waals surface area contributed by atoms with Gasteiger partial charge in [-0.3, -0.25) is 0 Å². The van der Waals surface area contributed by atoms with E-state index in [1.807, 2.05) is 0 Å². The lowest BCUT2D eigenvalue weighted by Crippen LogP contribution is -1.84. The van der Waals surface area contributed by atoms with E-state index in [0.717, 1.165) is 5.33 Å². The van der Waals surface area contributed by atoms with Crippen molar-refractivity contribution in [3.8, 4) is 0 Å². The Morgan fingerprint density at radius 1 is 0.929 bits per heavy atom. The zero-order valence-corrected chi connectivity index (χ0v) is 11.4. The summed E-state index contributed by atoms with van der Waals surface area (Å²) >= 11 is 3.45. The first-order valence-electron chi connectivity index (χ1n) is 5.70. The van der Waals surface area contributed by atoms with Gasteiger partial charge in [-0.1, -0.05) is 60.0 Å². The van der Waals surface area contributed by atoms with Crippen LogP contribution in [0.1, 0.15) is 52.9 Å². The van der Waals surface area contributed by atoms with Gasteiger partial charge in [-0.25, -0.2) is 0 Å². The smallest absolute Gasteiger partial charge is 0.0214 e. The summed E-state index contributed by atoms with van der Waals surface area (Å²) in [6, 6.07) is 0. The lowest BCUT2D eigenvalue weighted by Gasteiger charge is -2.03. The highest BCUT2D eigenvalue weighted by atomic mass is 79.9. The minimum absolute atomic E-state index is 0.994. The van der Waals surface area contributed by atoms with Gasteiger partial charge < -0.3 is 0 Å². The van der Waals surface area contributed by atoms with Crippen LogP contribution >= 0.6 is 15.9 Å². The molecule has 0 saturated heterocycles. The highest BCUT2D eigenvalue weighted by Crippen LogP contribution is 2.14. The third-order valence-corrected chi connectivity index (χ3v) is 2.95. The van der Waals surface area contributed by atoms with Gasteiger partial charge in [0.25, 0.3) is 0 Å². The first-order chi connectivity index (χ1) is 6.78. The summed E-state index contributed by atoms with van der Waals surface area (Å²) in [5.74, 6) is 0. The largest absolute Gasteiger partial charge is 0.0883 e. The lowest BCUT2D eigenvalue weighted by atomic mass is 10.0. The van der Waals surface area contributed by atoms with Gasteiger partial charge in [0.1, 0.15) is 0 Å². The average Bonchev–Trinajstić information content (AvgIpc) is 2.23. The molecule has 0 aromatic heterocycles. The zero-order valence-electron chi connectivity index (χ0n) is 9.78. The Kier molecular flexibility index (Phi) is 9.49. The summed E-state index contributed by atoms with van der Waals surface area (Å²) in [7, 11) is 0. The molecule has 0 bridgehead atoms. The molecule has 0 aromatic rings. The van der Waals surface area contributed by atoms with Crippen molar-refractivity contribution < 1.29 is 0 Å². The third kappa shape index (κ3) is 6.42. The van der Waals surface area contributed by atoms with Gasteiger partial charge in [0.15, 0.2) is 0 Å². The normalized spacial score (nSPS) is 11.6. The molecule has 0 nitrogen and oxygen atoms in total. The molecule has 0 radical (unpaired) electrons. The fourth-order valence-corrected chi connectivity index (χ4v) is 1.99. The van der Waals surface area contributed by atoms with Crippen LogP contribution in [0.5, 0.6) is 0 Å². The maximum atomic E-state index is 3.45. The van der Waals surface area contributed by atoms with Gasteiger partial charge in [-0.15, -0.1) is 0 Å². The van der Waals surface area contributed by atoms with Crippen LogP contribution in [0.2, 0.25) is 0 Å². The topological polar surface area (TPSA) is 0 Å². The van der Waals surface area contributed by atoms with E-state index in [9.17, 15) is 0 Å². The van der Waals surface area contributed by atoms with E-state index in [1.54, 1.807) is 11.1 Å². The first kappa shape index (κ1) is 14.0. The second-order valence-electron chi connectivity index (χ2n) is 3.48. The van der Waals surface area contributed by atoms with Gasteiger partial charge >= 0.3 is 0 Å². The van der Waals surface area contributed by atoms with Crippen LogP contribution in [0.3, 0.4) is 0 Å². The Balaban J connectivity index is 3.91. The van der Waals surface area contributed by atoms with E-state index in [1.165, 1.54) is 32.1 Å². The SMILES string of the molecule is CCC(=CCC/C(=C/CBr)CC)CC. The van der Waals surface area contributed by atoms with Crippen LogP contribution in [-0.4, -0.2) is 5.33 Å². The Morgan fingerprint density at radius 3 is 1.93 bits per heavy atom. The molecule has 0 saturated carbocycles. The Hall–Kier alpha value is -0.0400. The van der Waals surface area contributed by atoms with Crippen molar-refractivity contribution in [3.63, 3.8) is 0 Å². The van der Waals surface area contributed by atoms with Crippen LogP contribution in [-0.2, 0) is 0 Å². The first-order valence-corrected chi connectivity index (χ1v) is 6.82.